The van der Waals surface area contributed by atoms with Crippen molar-refractivity contribution in [2.75, 3.05) is 20.8 Å². The Balaban J connectivity index is 1.54. The van der Waals surface area contributed by atoms with Crippen LogP contribution in [-0.4, -0.2) is 31.9 Å². The van der Waals surface area contributed by atoms with Gasteiger partial charge in [-0.1, -0.05) is 30.3 Å². The van der Waals surface area contributed by atoms with Gasteiger partial charge in [0.05, 0.1) is 20.8 Å². The molecule has 6 heteroatoms. The highest BCUT2D eigenvalue weighted by atomic mass is 16.5. The summed E-state index contributed by atoms with van der Waals surface area (Å²) in [6, 6.07) is 13.0. The van der Waals surface area contributed by atoms with Crippen LogP contribution < -0.4 is 20.1 Å². The van der Waals surface area contributed by atoms with Gasteiger partial charge >= 0.3 is 6.03 Å². The second-order valence-electron chi connectivity index (χ2n) is 6.41. The Morgan fingerprint density at radius 1 is 1.12 bits per heavy atom. The maximum absolute atomic E-state index is 12.1. The van der Waals surface area contributed by atoms with Crippen molar-refractivity contribution in [3.8, 4) is 11.5 Å². The Kier molecular flexibility index (Phi) is 5.32. The quantitative estimate of drug-likeness (QED) is 0.742. The van der Waals surface area contributed by atoms with E-state index < -0.39 is 5.60 Å². The van der Waals surface area contributed by atoms with E-state index in [1.807, 2.05) is 36.4 Å². The average Bonchev–Trinajstić information content (AvgIpc) is 3.02. The number of hydrogen-bond donors (Lipinski definition) is 3. The van der Waals surface area contributed by atoms with E-state index in [0.717, 1.165) is 23.1 Å². The van der Waals surface area contributed by atoms with Gasteiger partial charge in [-0.2, -0.15) is 0 Å². The van der Waals surface area contributed by atoms with E-state index in [9.17, 15) is 9.90 Å². The summed E-state index contributed by atoms with van der Waals surface area (Å²) in [4.78, 5) is 12.1. The smallest absolute Gasteiger partial charge is 0.315 e. The lowest BCUT2D eigenvalue weighted by atomic mass is 9.96. The summed E-state index contributed by atoms with van der Waals surface area (Å²) in [5.41, 5.74) is 1.93. The number of ether oxygens (including phenoxy) is 2. The van der Waals surface area contributed by atoms with Crippen molar-refractivity contribution in [3.05, 3.63) is 59.2 Å². The van der Waals surface area contributed by atoms with Crippen molar-refractivity contribution >= 4 is 6.03 Å². The number of carbonyl (C=O) groups excluding carboxylic acids is 1. The van der Waals surface area contributed by atoms with Gasteiger partial charge in [-0.25, -0.2) is 4.79 Å². The van der Waals surface area contributed by atoms with E-state index in [1.54, 1.807) is 20.3 Å². The van der Waals surface area contributed by atoms with Crippen LogP contribution in [0.25, 0.3) is 0 Å². The Hall–Kier alpha value is -2.73. The molecule has 0 aliphatic heterocycles. The highest BCUT2D eigenvalue weighted by Crippen LogP contribution is 2.36. The summed E-state index contributed by atoms with van der Waals surface area (Å²) in [6.45, 7) is 0.531. The molecule has 3 N–H and O–H groups in total. The minimum Gasteiger partial charge on any atom is -0.493 e. The number of nitrogens with one attached hydrogen (secondary N) is 2. The fourth-order valence-corrected chi connectivity index (χ4v) is 3.31. The Bertz CT molecular complexity index is 793. The van der Waals surface area contributed by atoms with Crippen LogP contribution in [0.3, 0.4) is 0 Å². The van der Waals surface area contributed by atoms with Crippen LogP contribution in [0, 0.1) is 0 Å². The first-order valence-corrected chi connectivity index (χ1v) is 8.59. The van der Waals surface area contributed by atoms with E-state index in [0.29, 0.717) is 24.5 Å². The molecule has 1 aliphatic rings. The highest BCUT2D eigenvalue weighted by molar-refractivity contribution is 5.74. The van der Waals surface area contributed by atoms with E-state index in [2.05, 4.69) is 10.6 Å². The van der Waals surface area contributed by atoms with E-state index in [-0.39, 0.29) is 12.6 Å². The third kappa shape index (κ3) is 3.75. The first-order chi connectivity index (χ1) is 12.6. The number of aliphatic hydroxyl groups is 1. The minimum absolute atomic E-state index is 0.182. The van der Waals surface area contributed by atoms with Crippen molar-refractivity contribution in [1.29, 1.82) is 0 Å². The van der Waals surface area contributed by atoms with E-state index in [1.165, 1.54) is 0 Å². The summed E-state index contributed by atoms with van der Waals surface area (Å²) >= 11 is 0. The molecular formula is C20H24N2O4. The minimum atomic E-state index is -1.00. The van der Waals surface area contributed by atoms with Crippen LogP contribution in [0.4, 0.5) is 4.79 Å². The predicted octanol–water partition coefficient (Wildman–Crippen LogP) is 2.34. The third-order valence-electron chi connectivity index (χ3n) is 4.77. The van der Waals surface area contributed by atoms with Crippen molar-refractivity contribution < 1.29 is 19.4 Å². The standard InChI is InChI=1S/C20H24N2O4/c1-25-17-8-7-14(11-18(17)26-2)12-21-19(23)22-13-20(24)10-9-15-5-3-4-6-16(15)20/h3-8,11,24H,9-10,12-13H2,1-2H3,(H2,21,22,23). The molecule has 6 nitrogen and oxygen atoms in total. The van der Waals surface area contributed by atoms with Crippen molar-refractivity contribution in [1.82, 2.24) is 10.6 Å². The SMILES string of the molecule is COc1ccc(CNC(=O)NCC2(O)CCc3ccccc32)cc1OC. The van der Waals surface area contributed by atoms with Crippen molar-refractivity contribution in [3.63, 3.8) is 0 Å². The monoisotopic (exact) mass is 356 g/mol. The van der Waals surface area contributed by atoms with Crippen LogP contribution >= 0.6 is 0 Å². The molecule has 3 rings (SSSR count). The summed E-state index contributed by atoms with van der Waals surface area (Å²) < 4.78 is 10.5. The molecule has 0 bridgehead atoms. The maximum Gasteiger partial charge on any atom is 0.315 e. The van der Waals surface area contributed by atoms with Gasteiger partial charge in [0.1, 0.15) is 5.60 Å². The molecule has 0 heterocycles. The van der Waals surface area contributed by atoms with Crippen LogP contribution in [0.1, 0.15) is 23.1 Å². The molecule has 138 valence electrons. The van der Waals surface area contributed by atoms with Gasteiger partial charge in [0.2, 0.25) is 0 Å². The lowest BCUT2D eigenvalue weighted by Crippen LogP contribution is -2.43. The van der Waals surface area contributed by atoms with Crippen LogP contribution in [-0.2, 0) is 18.6 Å². The van der Waals surface area contributed by atoms with Gasteiger partial charge in [0.15, 0.2) is 11.5 Å². The number of aryl methyl sites for hydroxylation is 1. The maximum atomic E-state index is 12.1. The zero-order valence-corrected chi connectivity index (χ0v) is 15.0. The topological polar surface area (TPSA) is 79.8 Å². The van der Waals surface area contributed by atoms with Gasteiger partial charge in [0, 0.05) is 6.54 Å². The number of hydrogen-bond acceptors (Lipinski definition) is 4. The molecule has 1 atom stereocenters. The van der Waals surface area contributed by atoms with E-state index in [4.69, 9.17) is 9.47 Å². The third-order valence-corrected chi connectivity index (χ3v) is 4.77. The summed E-state index contributed by atoms with van der Waals surface area (Å²) in [5, 5.41) is 16.4. The van der Waals surface area contributed by atoms with Gasteiger partial charge in [-0.3, -0.25) is 0 Å². The largest absolute Gasteiger partial charge is 0.493 e. The summed E-state index contributed by atoms with van der Waals surface area (Å²) in [7, 11) is 3.15. The summed E-state index contributed by atoms with van der Waals surface area (Å²) in [5.74, 6) is 1.26. The normalized spacial score (nSPS) is 18.1. The molecule has 0 saturated heterocycles. The Morgan fingerprint density at radius 3 is 2.65 bits per heavy atom. The lowest BCUT2D eigenvalue weighted by Gasteiger charge is -2.24. The van der Waals surface area contributed by atoms with Crippen LogP contribution in [0.2, 0.25) is 0 Å². The lowest BCUT2D eigenvalue weighted by molar-refractivity contribution is 0.0412. The van der Waals surface area contributed by atoms with Crippen molar-refractivity contribution in [2.45, 2.75) is 25.0 Å². The molecule has 1 unspecified atom stereocenters. The predicted molar refractivity (Wildman–Crippen MR) is 98.4 cm³/mol. The molecule has 0 spiro atoms. The average molecular weight is 356 g/mol. The molecule has 26 heavy (non-hydrogen) atoms. The molecule has 2 aromatic rings. The Labute approximate surface area is 153 Å². The van der Waals surface area contributed by atoms with Crippen LogP contribution in [0.5, 0.6) is 11.5 Å². The van der Waals surface area contributed by atoms with E-state index >= 15 is 0 Å². The molecule has 2 amide bonds. The first-order valence-electron chi connectivity index (χ1n) is 8.59. The fraction of sp³-hybridized carbons (Fsp3) is 0.350. The second-order valence-corrected chi connectivity index (χ2v) is 6.41. The Morgan fingerprint density at radius 2 is 1.88 bits per heavy atom. The molecule has 0 aromatic heterocycles. The van der Waals surface area contributed by atoms with Gasteiger partial charge in [-0.05, 0) is 41.7 Å². The number of benzene rings is 2. The number of carbonyl (C=O) groups is 1. The number of fused-ring (bicyclic) bond motifs is 1. The van der Waals surface area contributed by atoms with Gasteiger partial charge < -0.3 is 25.2 Å². The number of rotatable bonds is 6. The van der Waals surface area contributed by atoms with Crippen molar-refractivity contribution in [2.24, 2.45) is 0 Å². The fourth-order valence-electron chi connectivity index (χ4n) is 3.31. The summed E-state index contributed by atoms with van der Waals surface area (Å²) in [6.07, 6.45) is 1.43. The molecule has 0 fully saturated rings. The highest BCUT2D eigenvalue weighted by Gasteiger charge is 2.36. The molecule has 0 radical (unpaired) electrons. The first kappa shape index (κ1) is 18.1. The number of amides is 2. The molecule has 1 aliphatic carbocycles. The zero-order valence-electron chi connectivity index (χ0n) is 15.0. The second kappa shape index (κ2) is 7.66. The van der Waals surface area contributed by atoms with Crippen LogP contribution in [0.15, 0.2) is 42.5 Å². The molecular weight excluding hydrogens is 332 g/mol. The zero-order chi connectivity index (χ0) is 18.6. The van der Waals surface area contributed by atoms with Gasteiger partial charge in [-0.15, -0.1) is 0 Å². The van der Waals surface area contributed by atoms with Gasteiger partial charge in [0.25, 0.3) is 0 Å². The number of urea groups is 1. The molecule has 2 aromatic carbocycles. The number of methoxy groups -OCH3 is 2. The molecule has 0 saturated carbocycles.